The lowest BCUT2D eigenvalue weighted by molar-refractivity contribution is -0.136. The Balaban J connectivity index is 1.92. The van der Waals surface area contributed by atoms with Gasteiger partial charge in [-0.05, 0) is 41.8 Å². The first-order valence-corrected chi connectivity index (χ1v) is 9.59. The van der Waals surface area contributed by atoms with Crippen LogP contribution in [0.25, 0.3) is 11.1 Å². The van der Waals surface area contributed by atoms with Crippen molar-refractivity contribution in [3.05, 3.63) is 88.7 Å². The maximum absolute atomic E-state index is 15.0. The Morgan fingerprint density at radius 2 is 1.83 bits per heavy atom. The molecule has 1 atom stereocenters. The molecule has 1 unspecified atom stereocenters. The number of nitrogens with two attached hydrogens (primary N) is 1. The van der Waals surface area contributed by atoms with E-state index >= 15 is 0 Å². The standard InChI is InChI=1S/C24H24FNO4/c1-15(26)20-6-4-7-21(24(20)25)19-10-16(13-27)9-17(11-19)14-30-22-8-3-2-5-18(22)12-23(28)29/h2-11,15,27H,12-14,26H2,1H3,(H,28,29). The lowest BCUT2D eigenvalue weighted by Crippen LogP contribution is -2.08. The lowest BCUT2D eigenvalue weighted by atomic mass is 9.96. The van der Waals surface area contributed by atoms with Crippen LogP contribution in [-0.4, -0.2) is 16.2 Å². The van der Waals surface area contributed by atoms with Gasteiger partial charge < -0.3 is 20.7 Å². The molecule has 0 fully saturated rings. The highest BCUT2D eigenvalue weighted by Crippen LogP contribution is 2.30. The second kappa shape index (κ2) is 9.52. The molecule has 0 bridgehead atoms. The van der Waals surface area contributed by atoms with E-state index in [2.05, 4.69) is 0 Å². The summed E-state index contributed by atoms with van der Waals surface area (Å²) >= 11 is 0. The number of carboxylic acids is 1. The van der Waals surface area contributed by atoms with Crippen LogP contribution in [0.5, 0.6) is 5.75 Å². The summed E-state index contributed by atoms with van der Waals surface area (Å²) in [5, 5.41) is 18.7. The number of para-hydroxylation sites is 1. The zero-order valence-corrected chi connectivity index (χ0v) is 16.6. The van der Waals surface area contributed by atoms with Crippen molar-refractivity contribution < 1.29 is 24.1 Å². The van der Waals surface area contributed by atoms with Crippen molar-refractivity contribution in [3.63, 3.8) is 0 Å². The minimum absolute atomic E-state index is 0.145. The summed E-state index contributed by atoms with van der Waals surface area (Å²) < 4.78 is 20.8. The molecule has 30 heavy (non-hydrogen) atoms. The first-order valence-electron chi connectivity index (χ1n) is 9.59. The van der Waals surface area contributed by atoms with Crippen LogP contribution >= 0.6 is 0 Å². The maximum atomic E-state index is 15.0. The predicted octanol–water partition coefficient (Wildman–Crippen LogP) is 4.21. The molecular weight excluding hydrogens is 385 g/mol. The van der Waals surface area contributed by atoms with Gasteiger partial charge in [0.05, 0.1) is 13.0 Å². The van der Waals surface area contributed by atoms with Gasteiger partial charge in [0.2, 0.25) is 0 Å². The highest BCUT2D eigenvalue weighted by Gasteiger charge is 2.14. The van der Waals surface area contributed by atoms with E-state index in [-0.39, 0.29) is 25.5 Å². The minimum Gasteiger partial charge on any atom is -0.489 e. The third-order valence-electron chi connectivity index (χ3n) is 4.77. The molecule has 0 aliphatic carbocycles. The van der Waals surface area contributed by atoms with Crippen molar-refractivity contribution in [1.29, 1.82) is 0 Å². The normalized spacial score (nSPS) is 11.9. The average Bonchev–Trinajstić information content (AvgIpc) is 2.72. The number of aliphatic hydroxyl groups is 1. The number of carbonyl (C=O) groups is 1. The van der Waals surface area contributed by atoms with Gasteiger partial charge >= 0.3 is 5.97 Å². The number of carboxylic acid groups (broad SMARTS) is 1. The molecule has 0 heterocycles. The second-order valence-corrected chi connectivity index (χ2v) is 7.16. The molecule has 3 aromatic carbocycles. The Hall–Kier alpha value is -3.22. The van der Waals surface area contributed by atoms with Crippen LogP contribution in [0.2, 0.25) is 0 Å². The van der Waals surface area contributed by atoms with Crippen LogP contribution in [0.15, 0.2) is 60.7 Å². The number of aliphatic hydroxyl groups excluding tert-OH is 1. The molecule has 4 N–H and O–H groups in total. The molecule has 0 aliphatic heterocycles. The van der Waals surface area contributed by atoms with Crippen molar-refractivity contribution in [2.45, 2.75) is 32.6 Å². The van der Waals surface area contributed by atoms with E-state index in [1.807, 2.05) is 0 Å². The second-order valence-electron chi connectivity index (χ2n) is 7.16. The monoisotopic (exact) mass is 409 g/mol. The molecule has 0 aliphatic rings. The number of hydrogen-bond acceptors (Lipinski definition) is 4. The maximum Gasteiger partial charge on any atom is 0.307 e. The summed E-state index contributed by atoms with van der Waals surface area (Å²) in [6, 6.07) is 16.9. The van der Waals surface area contributed by atoms with Crippen LogP contribution in [0.4, 0.5) is 4.39 Å². The van der Waals surface area contributed by atoms with Gasteiger partial charge in [0.25, 0.3) is 0 Å². The van der Waals surface area contributed by atoms with Crippen molar-refractivity contribution in [3.8, 4) is 16.9 Å². The van der Waals surface area contributed by atoms with Crippen LogP contribution in [0, 0.1) is 5.82 Å². The van der Waals surface area contributed by atoms with Gasteiger partial charge in [-0.1, -0.05) is 42.5 Å². The number of rotatable bonds is 8. The molecule has 0 aromatic heterocycles. The van der Waals surface area contributed by atoms with E-state index in [0.29, 0.717) is 33.6 Å². The van der Waals surface area contributed by atoms with E-state index < -0.39 is 12.0 Å². The smallest absolute Gasteiger partial charge is 0.307 e. The lowest BCUT2D eigenvalue weighted by Gasteiger charge is -2.15. The van der Waals surface area contributed by atoms with Gasteiger partial charge in [0.15, 0.2) is 0 Å². The number of halogens is 1. The molecule has 0 amide bonds. The highest BCUT2D eigenvalue weighted by molar-refractivity contribution is 5.71. The molecule has 3 aromatic rings. The van der Waals surface area contributed by atoms with Crippen molar-refractivity contribution in [1.82, 2.24) is 0 Å². The predicted molar refractivity (Wildman–Crippen MR) is 112 cm³/mol. The van der Waals surface area contributed by atoms with Gasteiger partial charge in [-0.15, -0.1) is 0 Å². The first kappa shape index (κ1) is 21.5. The summed E-state index contributed by atoms with van der Waals surface area (Å²) in [6.45, 7) is 1.66. The number of aliphatic carboxylic acids is 1. The Labute approximate surface area is 174 Å². The molecule has 6 heteroatoms. The first-order chi connectivity index (χ1) is 14.4. The summed E-state index contributed by atoms with van der Waals surface area (Å²) in [7, 11) is 0. The topological polar surface area (TPSA) is 92.8 Å². The SMILES string of the molecule is CC(N)c1cccc(-c2cc(CO)cc(COc3ccccc3CC(=O)O)c2)c1F. The van der Waals surface area contributed by atoms with Gasteiger partial charge in [-0.3, -0.25) is 4.79 Å². The zero-order valence-electron chi connectivity index (χ0n) is 16.6. The number of benzene rings is 3. The number of hydrogen-bond donors (Lipinski definition) is 3. The Kier molecular flexibility index (Phi) is 6.82. The van der Waals surface area contributed by atoms with Crippen LogP contribution in [0.3, 0.4) is 0 Å². The van der Waals surface area contributed by atoms with Gasteiger partial charge in [0.1, 0.15) is 18.2 Å². The quantitative estimate of drug-likeness (QED) is 0.518. The highest BCUT2D eigenvalue weighted by atomic mass is 19.1. The van der Waals surface area contributed by atoms with E-state index in [4.69, 9.17) is 15.6 Å². The summed E-state index contributed by atoms with van der Waals surface area (Å²) in [6.07, 6.45) is -0.145. The summed E-state index contributed by atoms with van der Waals surface area (Å²) in [4.78, 5) is 11.1. The van der Waals surface area contributed by atoms with E-state index in [0.717, 1.165) is 5.56 Å². The van der Waals surface area contributed by atoms with Crippen molar-refractivity contribution in [2.24, 2.45) is 5.73 Å². The van der Waals surface area contributed by atoms with Crippen LogP contribution in [-0.2, 0) is 24.4 Å². The van der Waals surface area contributed by atoms with E-state index in [1.165, 1.54) is 0 Å². The molecule has 5 nitrogen and oxygen atoms in total. The zero-order chi connectivity index (χ0) is 21.7. The van der Waals surface area contributed by atoms with Crippen LogP contribution < -0.4 is 10.5 Å². The van der Waals surface area contributed by atoms with E-state index in [1.54, 1.807) is 67.6 Å². The Morgan fingerprint density at radius 3 is 2.53 bits per heavy atom. The Bertz CT molecular complexity index is 1050. The molecular formula is C24H24FNO4. The van der Waals surface area contributed by atoms with Crippen molar-refractivity contribution in [2.75, 3.05) is 0 Å². The fourth-order valence-electron chi connectivity index (χ4n) is 3.33. The molecule has 156 valence electrons. The van der Waals surface area contributed by atoms with Gasteiger partial charge in [-0.25, -0.2) is 4.39 Å². The fraction of sp³-hybridized carbons (Fsp3) is 0.208. The minimum atomic E-state index is -0.944. The average molecular weight is 409 g/mol. The fourth-order valence-corrected chi connectivity index (χ4v) is 3.33. The van der Waals surface area contributed by atoms with Crippen molar-refractivity contribution >= 4 is 5.97 Å². The third kappa shape index (κ3) is 5.03. The van der Waals surface area contributed by atoms with Gasteiger partial charge in [0, 0.05) is 22.7 Å². The molecule has 0 saturated heterocycles. The van der Waals surface area contributed by atoms with Gasteiger partial charge in [-0.2, -0.15) is 0 Å². The van der Waals surface area contributed by atoms with E-state index in [9.17, 15) is 14.3 Å². The Morgan fingerprint density at radius 1 is 1.10 bits per heavy atom. The molecule has 3 rings (SSSR count). The third-order valence-corrected chi connectivity index (χ3v) is 4.77. The largest absolute Gasteiger partial charge is 0.489 e. The molecule has 0 spiro atoms. The summed E-state index contributed by atoms with van der Waals surface area (Å²) in [5.74, 6) is -0.859. The number of ether oxygens (including phenoxy) is 1. The molecule has 0 saturated carbocycles. The van der Waals surface area contributed by atoms with Crippen LogP contribution in [0.1, 0.15) is 35.2 Å². The summed E-state index contributed by atoms with van der Waals surface area (Å²) in [5.41, 5.74) is 9.21. The molecule has 0 radical (unpaired) electrons.